The van der Waals surface area contributed by atoms with Gasteiger partial charge < -0.3 is 4.81 Å². The standard InChI is InChI=1S/C7H8BNOS2/c1-4(2)3-5-6(10)9(8)7(11)12-5/h3-4H,1-2H3/b5-3+. The molecule has 0 spiro atoms. The lowest BCUT2D eigenvalue weighted by molar-refractivity contribution is -0.119. The predicted molar refractivity (Wildman–Crippen MR) is 55.7 cm³/mol. The van der Waals surface area contributed by atoms with Gasteiger partial charge in [-0.25, -0.2) is 0 Å². The quantitative estimate of drug-likeness (QED) is 0.360. The summed E-state index contributed by atoms with van der Waals surface area (Å²) in [6, 6.07) is 0. The van der Waals surface area contributed by atoms with Gasteiger partial charge in [-0.15, -0.1) is 0 Å². The van der Waals surface area contributed by atoms with Gasteiger partial charge in [-0.3, -0.25) is 4.79 Å². The highest BCUT2D eigenvalue weighted by atomic mass is 32.2. The first kappa shape index (κ1) is 9.80. The molecular weight excluding hydrogens is 189 g/mol. The van der Waals surface area contributed by atoms with E-state index in [4.69, 9.17) is 20.2 Å². The van der Waals surface area contributed by atoms with Gasteiger partial charge in [0.15, 0.2) is 0 Å². The largest absolute Gasteiger partial charge is 0.351 e. The van der Waals surface area contributed by atoms with Gasteiger partial charge in [-0.05, 0) is 5.92 Å². The number of nitrogens with zero attached hydrogens (tertiary/aromatic N) is 1. The summed E-state index contributed by atoms with van der Waals surface area (Å²) >= 11 is 6.10. The number of carbonyl (C=O) groups is 1. The number of amides is 1. The number of rotatable bonds is 1. The summed E-state index contributed by atoms with van der Waals surface area (Å²) in [5, 5.41) is 0. The summed E-state index contributed by atoms with van der Waals surface area (Å²) in [6.45, 7) is 4.01. The maximum atomic E-state index is 11.3. The molecule has 0 atom stereocenters. The van der Waals surface area contributed by atoms with E-state index in [0.29, 0.717) is 15.1 Å². The van der Waals surface area contributed by atoms with E-state index in [1.807, 2.05) is 19.9 Å². The first-order chi connectivity index (χ1) is 5.52. The molecule has 0 aromatic carbocycles. The predicted octanol–water partition coefficient (Wildman–Crippen LogP) is 1.47. The monoisotopic (exact) mass is 197 g/mol. The highest BCUT2D eigenvalue weighted by Gasteiger charge is 2.27. The van der Waals surface area contributed by atoms with E-state index in [0.717, 1.165) is 4.81 Å². The second-order valence-electron chi connectivity index (χ2n) is 2.82. The van der Waals surface area contributed by atoms with Crippen molar-refractivity contribution in [1.29, 1.82) is 0 Å². The molecule has 5 heteroatoms. The number of allylic oxidation sites excluding steroid dienone is 1. The third-order valence-corrected chi connectivity index (χ3v) is 2.66. The molecule has 1 heterocycles. The fourth-order valence-electron chi connectivity index (χ4n) is 0.797. The fourth-order valence-corrected chi connectivity index (χ4v) is 2.04. The van der Waals surface area contributed by atoms with Gasteiger partial charge in [-0.1, -0.05) is 43.9 Å². The first-order valence-corrected chi connectivity index (χ1v) is 4.77. The van der Waals surface area contributed by atoms with Crippen molar-refractivity contribution in [2.75, 3.05) is 0 Å². The Bertz CT molecular complexity index is 262. The van der Waals surface area contributed by atoms with E-state index < -0.39 is 0 Å². The Morgan fingerprint density at radius 1 is 1.67 bits per heavy atom. The lowest BCUT2D eigenvalue weighted by atomic mass is 10.2. The zero-order valence-electron chi connectivity index (χ0n) is 6.90. The Kier molecular flexibility index (Phi) is 2.96. The van der Waals surface area contributed by atoms with Crippen LogP contribution in [-0.4, -0.2) is 23.0 Å². The van der Waals surface area contributed by atoms with Crippen LogP contribution in [0, 0.1) is 5.92 Å². The highest BCUT2D eigenvalue weighted by molar-refractivity contribution is 8.26. The molecule has 1 saturated heterocycles. The van der Waals surface area contributed by atoms with Gasteiger partial charge in [0.25, 0.3) is 5.91 Å². The number of carbonyl (C=O) groups excluding carboxylic acids is 1. The van der Waals surface area contributed by atoms with E-state index in [1.165, 1.54) is 11.8 Å². The average molecular weight is 197 g/mol. The summed E-state index contributed by atoms with van der Waals surface area (Å²) in [5.74, 6) is 0.143. The molecule has 1 fully saturated rings. The molecule has 1 aliphatic heterocycles. The van der Waals surface area contributed by atoms with Gasteiger partial charge in [0, 0.05) is 0 Å². The first-order valence-electron chi connectivity index (χ1n) is 3.55. The van der Waals surface area contributed by atoms with Gasteiger partial charge in [0.05, 0.1) is 4.91 Å². The molecule has 12 heavy (non-hydrogen) atoms. The zero-order chi connectivity index (χ0) is 9.30. The van der Waals surface area contributed by atoms with Crippen LogP contribution in [0.5, 0.6) is 0 Å². The normalized spacial score (nSPS) is 21.6. The van der Waals surface area contributed by atoms with E-state index in [9.17, 15) is 4.79 Å². The fraction of sp³-hybridized carbons (Fsp3) is 0.429. The van der Waals surface area contributed by atoms with Crippen LogP contribution in [0.2, 0.25) is 0 Å². The molecule has 0 bridgehead atoms. The molecule has 2 radical (unpaired) electrons. The van der Waals surface area contributed by atoms with Crippen molar-refractivity contribution in [3.05, 3.63) is 11.0 Å². The maximum absolute atomic E-state index is 11.3. The van der Waals surface area contributed by atoms with Crippen LogP contribution in [0.25, 0.3) is 0 Å². The zero-order valence-corrected chi connectivity index (χ0v) is 8.54. The summed E-state index contributed by atoms with van der Waals surface area (Å²) in [5.41, 5.74) is 0. The average Bonchev–Trinajstić information content (AvgIpc) is 2.17. The van der Waals surface area contributed by atoms with Crippen LogP contribution in [-0.2, 0) is 4.79 Å². The third-order valence-electron chi connectivity index (χ3n) is 1.31. The van der Waals surface area contributed by atoms with Crippen LogP contribution in [0.3, 0.4) is 0 Å². The molecule has 0 aliphatic carbocycles. The minimum absolute atomic E-state index is 0.196. The highest BCUT2D eigenvalue weighted by Crippen LogP contribution is 2.30. The molecule has 0 aromatic heterocycles. The molecule has 0 unspecified atom stereocenters. The van der Waals surface area contributed by atoms with Gasteiger partial charge in [-0.2, -0.15) is 0 Å². The van der Waals surface area contributed by atoms with Crippen LogP contribution < -0.4 is 0 Å². The van der Waals surface area contributed by atoms with Crippen molar-refractivity contribution in [3.63, 3.8) is 0 Å². The molecule has 0 saturated carbocycles. The van der Waals surface area contributed by atoms with Crippen LogP contribution in [0.15, 0.2) is 11.0 Å². The molecule has 62 valence electrons. The number of thiocarbonyl (C=S) groups is 1. The van der Waals surface area contributed by atoms with Crippen molar-refractivity contribution >= 4 is 42.2 Å². The lowest BCUT2D eigenvalue weighted by Crippen LogP contribution is -2.24. The summed E-state index contributed by atoms with van der Waals surface area (Å²) in [7, 11) is 5.37. The molecule has 1 amide bonds. The minimum Gasteiger partial charge on any atom is -0.351 e. The van der Waals surface area contributed by atoms with Gasteiger partial charge in [0.2, 0.25) is 7.98 Å². The van der Waals surface area contributed by atoms with Gasteiger partial charge in [0.1, 0.15) is 4.32 Å². The topological polar surface area (TPSA) is 20.3 Å². The van der Waals surface area contributed by atoms with Crippen LogP contribution >= 0.6 is 24.0 Å². The summed E-state index contributed by atoms with van der Waals surface area (Å²) < 4.78 is 0.423. The van der Waals surface area contributed by atoms with Crippen LogP contribution in [0.4, 0.5) is 0 Å². The Morgan fingerprint density at radius 2 is 2.25 bits per heavy atom. The Hall–Kier alpha value is -0.285. The molecule has 0 aromatic rings. The molecular formula is C7H8BNOS2. The smallest absolute Gasteiger partial charge is 0.252 e. The van der Waals surface area contributed by atoms with Gasteiger partial charge >= 0.3 is 0 Å². The molecule has 2 nitrogen and oxygen atoms in total. The van der Waals surface area contributed by atoms with Crippen LogP contribution in [0.1, 0.15) is 13.8 Å². The second-order valence-corrected chi connectivity index (χ2v) is 4.49. The van der Waals surface area contributed by atoms with Crippen molar-refractivity contribution in [1.82, 2.24) is 4.81 Å². The third kappa shape index (κ3) is 1.90. The van der Waals surface area contributed by atoms with E-state index in [-0.39, 0.29) is 5.91 Å². The molecule has 1 aliphatic rings. The lowest BCUT2D eigenvalue weighted by Gasteiger charge is -2.04. The second kappa shape index (κ2) is 3.62. The summed E-state index contributed by atoms with van der Waals surface area (Å²) in [4.78, 5) is 12.9. The van der Waals surface area contributed by atoms with E-state index >= 15 is 0 Å². The van der Waals surface area contributed by atoms with E-state index in [2.05, 4.69) is 0 Å². The Balaban J connectivity index is 2.85. The number of thioether (sulfide) groups is 1. The SMILES string of the molecule is [B]N1C(=O)/C(=C\C(C)C)SC1=S. The van der Waals surface area contributed by atoms with E-state index in [1.54, 1.807) is 0 Å². The Labute approximate surface area is 82.8 Å². The summed E-state index contributed by atoms with van der Waals surface area (Å²) in [6.07, 6.45) is 1.87. The number of hydrogen-bond donors (Lipinski definition) is 0. The van der Waals surface area contributed by atoms with Crippen molar-refractivity contribution < 1.29 is 4.79 Å². The van der Waals surface area contributed by atoms with Crippen molar-refractivity contribution in [2.45, 2.75) is 13.8 Å². The Morgan fingerprint density at radius 3 is 2.58 bits per heavy atom. The van der Waals surface area contributed by atoms with Crippen molar-refractivity contribution in [3.8, 4) is 0 Å². The van der Waals surface area contributed by atoms with Crippen molar-refractivity contribution in [2.24, 2.45) is 5.92 Å². The number of hydrogen-bond acceptors (Lipinski definition) is 3. The minimum atomic E-state index is -0.196. The molecule has 1 rings (SSSR count). The maximum Gasteiger partial charge on any atom is 0.252 e. The molecule has 0 N–H and O–H groups in total.